The molecule has 0 spiro atoms. The van der Waals surface area contributed by atoms with Crippen LogP contribution in [-0.4, -0.2) is 18.5 Å². The number of carbonyl (C=O) groups is 2. The maximum absolute atomic E-state index is 11.7. The van der Waals surface area contributed by atoms with E-state index in [0.29, 0.717) is 30.3 Å². The summed E-state index contributed by atoms with van der Waals surface area (Å²) in [5.41, 5.74) is 11.8. The highest BCUT2D eigenvalue weighted by molar-refractivity contribution is 5.91. The fourth-order valence-corrected chi connectivity index (χ4v) is 1.50. The zero-order valence-electron chi connectivity index (χ0n) is 11.0. The molecular weight excluding hydrogens is 244 g/mol. The summed E-state index contributed by atoms with van der Waals surface area (Å²) in [6.07, 6.45) is 1.21. The van der Waals surface area contributed by atoms with E-state index in [1.54, 1.807) is 24.3 Å². The second-order valence-electron chi connectivity index (χ2n) is 4.49. The van der Waals surface area contributed by atoms with Crippen molar-refractivity contribution in [3.05, 3.63) is 24.3 Å². The summed E-state index contributed by atoms with van der Waals surface area (Å²) in [5.74, 6) is 0.295. The van der Waals surface area contributed by atoms with E-state index in [1.807, 2.05) is 6.92 Å². The first kappa shape index (κ1) is 15.0. The maximum Gasteiger partial charge on any atom is 0.316 e. The molecule has 0 aromatic heterocycles. The molecule has 6 N–H and O–H groups in total. The van der Waals surface area contributed by atoms with E-state index in [2.05, 4.69) is 10.6 Å². The molecule has 1 aromatic carbocycles. The van der Waals surface area contributed by atoms with E-state index in [-0.39, 0.29) is 5.91 Å². The van der Waals surface area contributed by atoms with Crippen molar-refractivity contribution < 1.29 is 9.59 Å². The summed E-state index contributed by atoms with van der Waals surface area (Å²) in [4.78, 5) is 22.3. The number of primary amides is 1. The first-order chi connectivity index (χ1) is 9.01. The molecule has 1 unspecified atom stereocenters. The molecule has 104 valence electrons. The Balaban J connectivity index is 2.44. The molecule has 6 nitrogen and oxygen atoms in total. The topological polar surface area (TPSA) is 110 Å². The van der Waals surface area contributed by atoms with Crippen molar-refractivity contribution >= 4 is 23.3 Å². The molecule has 1 rings (SSSR count). The minimum Gasteiger partial charge on any atom is -0.351 e. The molecule has 0 fully saturated rings. The zero-order chi connectivity index (χ0) is 14.3. The van der Waals surface area contributed by atoms with Crippen LogP contribution in [0.25, 0.3) is 0 Å². The van der Waals surface area contributed by atoms with Gasteiger partial charge in [-0.3, -0.25) is 4.79 Å². The third kappa shape index (κ3) is 5.87. The monoisotopic (exact) mass is 264 g/mol. The van der Waals surface area contributed by atoms with E-state index in [4.69, 9.17) is 11.5 Å². The van der Waals surface area contributed by atoms with Gasteiger partial charge in [0, 0.05) is 17.8 Å². The second-order valence-corrected chi connectivity index (χ2v) is 4.49. The van der Waals surface area contributed by atoms with Crippen molar-refractivity contribution in [3.8, 4) is 0 Å². The Bertz CT molecular complexity index is 431. The third-order valence-corrected chi connectivity index (χ3v) is 2.70. The lowest BCUT2D eigenvalue weighted by Crippen LogP contribution is -2.19. The van der Waals surface area contributed by atoms with Crippen LogP contribution in [0.4, 0.5) is 16.2 Å². The van der Waals surface area contributed by atoms with Crippen LogP contribution in [-0.2, 0) is 4.79 Å². The molecule has 0 aliphatic carbocycles. The predicted octanol–water partition coefficient (Wildman–Crippen LogP) is 1.49. The highest BCUT2D eigenvalue weighted by Crippen LogP contribution is 2.14. The maximum atomic E-state index is 11.7. The molecule has 0 saturated carbocycles. The minimum atomic E-state index is -0.618. The summed E-state index contributed by atoms with van der Waals surface area (Å²) in [6, 6.07) is 6.13. The van der Waals surface area contributed by atoms with E-state index in [0.717, 1.165) is 6.42 Å². The average Bonchev–Trinajstić information content (AvgIpc) is 2.37. The van der Waals surface area contributed by atoms with Gasteiger partial charge in [-0.25, -0.2) is 4.79 Å². The van der Waals surface area contributed by atoms with Gasteiger partial charge in [0.15, 0.2) is 0 Å². The molecule has 3 amide bonds. The summed E-state index contributed by atoms with van der Waals surface area (Å²) < 4.78 is 0. The Morgan fingerprint density at radius 3 is 2.16 bits per heavy atom. The number of hydrogen-bond acceptors (Lipinski definition) is 3. The van der Waals surface area contributed by atoms with Crippen molar-refractivity contribution in [2.45, 2.75) is 19.8 Å². The van der Waals surface area contributed by atoms with Crippen molar-refractivity contribution in [3.63, 3.8) is 0 Å². The van der Waals surface area contributed by atoms with Gasteiger partial charge in [0.1, 0.15) is 0 Å². The van der Waals surface area contributed by atoms with E-state index >= 15 is 0 Å². The quantitative estimate of drug-likeness (QED) is 0.624. The summed E-state index contributed by atoms with van der Waals surface area (Å²) in [7, 11) is 0. The van der Waals surface area contributed by atoms with Gasteiger partial charge in [0.25, 0.3) is 0 Å². The Kier molecular flexibility index (Phi) is 5.81. The van der Waals surface area contributed by atoms with Gasteiger partial charge in [-0.2, -0.15) is 0 Å². The number of rotatable bonds is 6. The number of carbonyl (C=O) groups excluding carboxylic acids is 2. The molecule has 0 heterocycles. The number of urea groups is 1. The van der Waals surface area contributed by atoms with Gasteiger partial charge in [-0.05, 0) is 43.1 Å². The molecule has 1 aromatic rings. The smallest absolute Gasteiger partial charge is 0.316 e. The van der Waals surface area contributed by atoms with Crippen molar-refractivity contribution in [2.75, 3.05) is 17.2 Å². The second kappa shape index (κ2) is 7.38. The minimum absolute atomic E-state index is 0.0455. The number of hydrogen-bond donors (Lipinski definition) is 4. The van der Waals surface area contributed by atoms with Crippen molar-refractivity contribution in [1.29, 1.82) is 0 Å². The van der Waals surface area contributed by atoms with Crippen molar-refractivity contribution in [1.82, 2.24) is 0 Å². The summed E-state index contributed by atoms with van der Waals surface area (Å²) in [6.45, 7) is 2.60. The molecular formula is C13H20N4O2. The standard InChI is InChI=1S/C13H20N4O2/c1-9(8-14)2-7-12(18)16-10-3-5-11(6-4-10)17-13(15)19/h3-6,9H,2,7-8,14H2,1H3,(H,16,18)(H3,15,17,19). The fraction of sp³-hybridized carbons (Fsp3) is 0.385. The molecule has 0 saturated heterocycles. The molecule has 0 radical (unpaired) electrons. The number of nitrogens with one attached hydrogen (secondary N) is 2. The summed E-state index contributed by atoms with van der Waals surface area (Å²) in [5, 5.41) is 5.22. The van der Waals surface area contributed by atoms with Crippen LogP contribution in [0.2, 0.25) is 0 Å². The van der Waals surface area contributed by atoms with E-state index in [1.165, 1.54) is 0 Å². The highest BCUT2D eigenvalue weighted by atomic mass is 16.2. The Morgan fingerprint density at radius 1 is 1.16 bits per heavy atom. The lowest BCUT2D eigenvalue weighted by molar-refractivity contribution is -0.116. The fourth-order valence-electron chi connectivity index (χ4n) is 1.50. The highest BCUT2D eigenvalue weighted by Gasteiger charge is 2.06. The van der Waals surface area contributed by atoms with Gasteiger partial charge in [-0.1, -0.05) is 6.92 Å². The molecule has 0 aliphatic heterocycles. The van der Waals surface area contributed by atoms with Crippen LogP contribution < -0.4 is 22.1 Å². The first-order valence-electron chi connectivity index (χ1n) is 6.17. The average molecular weight is 264 g/mol. The molecule has 0 bridgehead atoms. The number of benzene rings is 1. The van der Waals surface area contributed by atoms with Crippen LogP contribution in [0.3, 0.4) is 0 Å². The third-order valence-electron chi connectivity index (χ3n) is 2.70. The predicted molar refractivity (Wildman–Crippen MR) is 75.7 cm³/mol. The van der Waals surface area contributed by atoms with Crippen LogP contribution in [0.15, 0.2) is 24.3 Å². The lowest BCUT2D eigenvalue weighted by Gasteiger charge is -2.09. The molecule has 6 heteroatoms. The van der Waals surface area contributed by atoms with Gasteiger partial charge < -0.3 is 22.1 Å². The van der Waals surface area contributed by atoms with E-state index < -0.39 is 6.03 Å². The summed E-state index contributed by atoms with van der Waals surface area (Å²) >= 11 is 0. The number of amides is 3. The number of nitrogens with two attached hydrogens (primary N) is 2. The SMILES string of the molecule is CC(CN)CCC(=O)Nc1ccc(NC(N)=O)cc1. The van der Waals surface area contributed by atoms with Gasteiger partial charge in [0.2, 0.25) is 5.91 Å². The Morgan fingerprint density at radius 2 is 1.68 bits per heavy atom. The number of anilines is 2. The molecule has 1 atom stereocenters. The van der Waals surface area contributed by atoms with Crippen LogP contribution in [0.5, 0.6) is 0 Å². The van der Waals surface area contributed by atoms with E-state index in [9.17, 15) is 9.59 Å². The Hall–Kier alpha value is -2.08. The Labute approximate surface area is 112 Å². The lowest BCUT2D eigenvalue weighted by atomic mass is 10.1. The zero-order valence-corrected chi connectivity index (χ0v) is 11.0. The van der Waals surface area contributed by atoms with Gasteiger partial charge in [-0.15, -0.1) is 0 Å². The van der Waals surface area contributed by atoms with Gasteiger partial charge >= 0.3 is 6.03 Å². The largest absolute Gasteiger partial charge is 0.351 e. The normalized spacial score (nSPS) is 11.7. The van der Waals surface area contributed by atoms with Gasteiger partial charge in [0.05, 0.1) is 0 Å². The molecule has 19 heavy (non-hydrogen) atoms. The van der Waals surface area contributed by atoms with Crippen LogP contribution in [0.1, 0.15) is 19.8 Å². The first-order valence-corrected chi connectivity index (χ1v) is 6.17. The van der Waals surface area contributed by atoms with Crippen LogP contribution in [0, 0.1) is 5.92 Å². The molecule has 0 aliphatic rings. The van der Waals surface area contributed by atoms with Crippen molar-refractivity contribution in [2.24, 2.45) is 17.4 Å². The van der Waals surface area contributed by atoms with Crippen LogP contribution >= 0.6 is 0 Å².